The smallest absolute Gasteiger partial charge is 0.227 e. The maximum Gasteiger partial charge on any atom is 0.227 e. The van der Waals surface area contributed by atoms with Crippen molar-refractivity contribution in [2.45, 2.75) is 0 Å². The molecule has 45 heavy (non-hydrogen) atoms. The Bertz CT molecular complexity index is 2250. The Hall–Kier alpha value is -6.20. The zero-order valence-corrected chi connectivity index (χ0v) is 24.2. The van der Waals surface area contributed by atoms with E-state index in [0.29, 0.717) is 34.5 Å². The van der Waals surface area contributed by atoms with E-state index in [1.54, 1.807) is 0 Å². The summed E-state index contributed by atoms with van der Waals surface area (Å²) in [5.74, 6) is 2.26. The maximum absolute atomic E-state index is 6.18. The molecule has 5 nitrogen and oxygen atoms in total. The molecule has 212 valence electrons. The fourth-order valence-corrected chi connectivity index (χ4v) is 5.50. The Balaban J connectivity index is 1.28. The first-order valence-corrected chi connectivity index (χ1v) is 14.8. The zero-order valence-electron chi connectivity index (χ0n) is 24.2. The number of hydrogen-bond donors (Lipinski definition) is 0. The van der Waals surface area contributed by atoms with Crippen molar-refractivity contribution in [3.8, 4) is 67.9 Å². The van der Waals surface area contributed by atoms with Crippen molar-refractivity contribution in [1.29, 1.82) is 0 Å². The molecule has 0 fully saturated rings. The lowest BCUT2D eigenvalue weighted by atomic mass is 10.0. The minimum atomic E-state index is 0.533. The average Bonchev–Trinajstić information content (AvgIpc) is 3.58. The molecule has 0 unspecified atom stereocenters. The topological polar surface area (TPSA) is 64.7 Å². The number of oxazole rings is 1. The van der Waals surface area contributed by atoms with Gasteiger partial charge in [0, 0.05) is 22.3 Å². The molecule has 0 bridgehead atoms. The van der Waals surface area contributed by atoms with Crippen LogP contribution in [0.25, 0.3) is 79.0 Å². The normalized spacial score (nSPS) is 11.1. The molecule has 5 heteroatoms. The first-order valence-electron chi connectivity index (χ1n) is 14.8. The summed E-state index contributed by atoms with van der Waals surface area (Å²) in [6.07, 6.45) is 0. The van der Waals surface area contributed by atoms with Gasteiger partial charge in [-0.25, -0.2) is 19.9 Å². The predicted molar refractivity (Wildman–Crippen MR) is 180 cm³/mol. The van der Waals surface area contributed by atoms with E-state index in [2.05, 4.69) is 60.7 Å². The van der Waals surface area contributed by atoms with Crippen LogP contribution in [0.5, 0.6) is 0 Å². The standard InChI is InChI=1S/C40H26N4O/c1-4-12-27(13-5-1)29-22-24-30(25-23-29)37-42-38(33-19-10-18-32(26-33)28-14-6-2-7-15-28)44-39(43-37)34-20-11-21-35-36(34)41-40(45-35)31-16-8-3-9-17-31/h1-26H. The van der Waals surface area contributed by atoms with Crippen molar-refractivity contribution in [3.63, 3.8) is 0 Å². The summed E-state index contributed by atoms with van der Waals surface area (Å²) >= 11 is 0. The second-order valence-electron chi connectivity index (χ2n) is 10.7. The molecule has 0 spiro atoms. The van der Waals surface area contributed by atoms with Crippen molar-refractivity contribution in [2.75, 3.05) is 0 Å². The van der Waals surface area contributed by atoms with Crippen LogP contribution in [0, 0.1) is 0 Å². The Kier molecular flexibility index (Phi) is 6.74. The molecular formula is C40H26N4O. The highest BCUT2D eigenvalue weighted by Crippen LogP contribution is 2.33. The van der Waals surface area contributed by atoms with Gasteiger partial charge in [0.05, 0.1) is 0 Å². The lowest BCUT2D eigenvalue weighted by molar-refractivity contribution is 0.620. The number of aromatic nitrogens is 4. The Morgan fingerprint density at radius 2 is 0.822 bits per heavy atom. The summed E-state index contributed by atoms with van der Waals surface area (Å²) in [4.78, 5) is 19.9. The number of fused-ring (bicyclic) bond motifs is 1. The Morgan fingerprint density at radius 3 is 1.51 bits per heavy atom. The van der Waals surface area contributed by atoms with Crippen LogP contribution < -0.4 is 0 Å². The molecule has 8 rings (SSSR count). The van der Waals surface area contributed by atoms with Crippen LogP contribution in [-0.4, -0.2) is 19.9 Å². The van der Waals surface area contributed by atoms with Gasteiger partial charge in [-0.05, 0) is 52.6 Å². The number of nitrogens with zero attached hydrogens (tertiary/aromatic N) is 4. The number of hydrogen-bond acceptors (Lipinski definition) is 5. The van der Waals surface area contributed by atoms with Gasteiger partial charge in [-0.15, -0.1) is 0 Å². The van der Waals surface area contributed by atoms with Crippen LogP contribution in [0.1, 0.15) is 0 Å². The zero-order chi connectivity index (χ0) is 30.0. The summed E-state index contributed by atoms with van der Waals surface area (Å²) in [6.45, 7) is 0. The highest BCUT2D eigenvalue weighted by molar-refractivity contribution is 5.90. The van der Waals surface area contributed by atoms with Crippen molar-refractivity contribution >= 4 is 11.1 Å². The van der Waals surface area contributed by atoms with Crippen molar-refractivity contribution < 1.29 is 4.42 Å². The summed E-state index contributed by atoms with van der Waals surface area (Å²) in [7, 11) is 0. The van der Waals surface area contributed by atoms with E-state index in [1.165, 1.54) is 0 Å². The summed E-state index contributed by atoms with van der Waals surface area (Å²) in [5, 5.41) is 0. The highest BCUT2D eigenvalue weighted by atomic mass is 16.3. The van der Waals surface area contributed by atoms with Crippen molar-refractivity contribution in [2.24, 2.45) is 0 Å². The van der Waals surface area contributed by atoms with Crippen LogP contribution in [0.4, 0.5) is 0 Å². The van der Waals surface area contributed by atoms with E-state index in [0.717, 1.165) is 44.5 Å². The monoisotopic (exact) mass is 578 g/mol. The van der Waals surface area contributed by atoms with E-state index in [9.17, 15) is 0 Å². The minimum absolute atomic E-state index is 0.533. The first-order chi connectivity index (χ1) is 22.3. The third-order valence-electron chi connectivity index (χ3n) is 7.79. The quantitative estimate of drug-likeness (QED) is 0.196. The van der Waals surface area contributed by atoms with Gasteiger partial charge >= 0.3 is 0 Å². The predicted octanol–water partition coefficient (Wildman–Crippen LogP) is 10.0. The van der Waals surface area contributed by atoms with Gasteiger partial charge in [-0.2, -0.15) is 0 Å². The lowest BCUT2D eigenvalue weighted by Crippen LogP contribution is -2.00. The molecule has 0 aliphatic rings. The van der Waals surface area contributed by atoms with Gasteiger partial charge < -0.3 is 4.42 Å². The molecule has 0 saturated carbocycles. The third kappa shape index (κ3) is 5.28. The maximum atomic E-state index is 6.18. The van der Waals surface area contributed by atoms with Gasteiger partial charge in [0.1, 0.15) is 5.52 Å². The highest BCUT2D eigenvalue weighted by Gasteiger charge is 2.18. The SMILES string of the molecule is c1ccc(-c2ccc(-c3nc(-c4cccc(-c5ccccc5)c4)nc(-c4cccc5oc(-c6ccccc6)nc45)n3)cc2)cc1. The molecule has 6 aromatic carbocycles. The molecule has 0 atom stereocenters. The summed E-state index contributed by atoms with van der Waals surface area (Å²) in [5.41, 5.74) is 9.38. The summed E-state index contributed by atoms with van der Waals surface area (Å²) in [6, 6.07) is 53.1. The van der Waals surface area contributed by atoms with E-state index >= 15 is 0 Å². The third-order valence-corrected chi connectivity index (χ3v) is 7.79. The minimum Gasteiger partial charge on any atom is -0.436 e. The van der Waals surface area contributed by atoms with E-state index in [-0.39, 0.29) is 0 Å². The van der Waals surface area contributed by atoms with Crippen LogP contribution in [0.3, 0.4) is 0 Å². The van der Waals surface area contributed by atoms with Crippen LogP contribution in [-0.2, 0) is 0 Å². The fourth-order valence-electron chi connectivity index (χ4n) is 5.50. The largest absolute Gasteiger partial charge is 0.436 e. The molecule has 0 saturated heterocycles. The Morgan fingerprint density at radius 1 is 0.333 bits per heavy atom. The number of rotatable bonds is 6. The molecule has 0 radical (unpaired) electrons. The van der Waals surface area contributed by atoms with E-state index in [4.69, 9.17) is 24.4 Å². The van der Waals surface area contributed by atoms with Gasteiger partial charge in [-0.3, -0.25) is 0 Å². The van der Waals surface area contributed by atoms with Gasteiger partial charge in [0.2, 0.25) is 5.89 Å². The van der Waals surface area contributed by atoms with Crippen LogP contribution in [0.15, 0.2) is 162 Å². The van der Waals surface area contributed by atoms with Crippen LogP contribution in [0.2, 0.25) is 0 Å². The molecular weight excluding hydrogens is 552 g/mol. The molecule has 0 amide bonds. The lowest BCUT2D eigenvalue weighted by Gasteiger charge is -2.10. The fraction of sp³-hybridized carbons (Fsp3) is 0. The van der Waals surface area contributed by atoms with E-state index in [1.807, 2.05) is 97.1 Å². The van der Waals surface area contributed by atoms with Crippen molar-refractivity contribution in [3.05, 3.63) is 158 Å². The number of benzene rings is 6. The number of para-hydroxylation sites is 1. The van der Waals surface area contributed by atoms with Crippen molar-refractivity contribution in [1.82, 2.24) is 19.9 Å². The van der Waals surface area contributed by atoms with Gasteiger partial charge in [0.25, 0.3) is 0 Å². The second kappa shape index (κ2) is 11.5. The average molecular weight is 579 g/mol. The molecule has 0 aliphatic heterocycles. The van der Waals surface area contributed by atoms with Gasteiger partial charge in [-0.1, -0.05) is 127 Å². The molecule has 8 aromatic rings. The van der Waals surface area contributed by atoms with Gasteiger partial charge in [0.15, 0.2) is 23.1 Å². The molecule has 2 aromatic heterocycles. The molecule has 0 aliphatic carbocycles. The second-order valence-corrected chi connectivity index (χ2v) is 10.7. The Labute approximate surface area is 260 Å². The molecule has 2 heterocycles. The van der Waals surface area contributed by atoms with E-state index < -0.39 is 0 Å². The molecule has 0 N–H and O–H groups in total. The van der Waals surface area contributed by atoms with Crippen LogP contribution >= 0.6 is 0 Å². The summed E-state index contributed by atoms with van der Waals surface area (Å²) < 4.78 is 6.18. The first kappa shape index (κ1) is 26.4.